The number of nitrogens with one attached hydrogen (secondary N) is 1. The third-order valence-corrected chi connectivity index (χ3v) is 6.94. The number of hydrogen-bond acceptors (Lipinski definition) is 2. The van der Waals surface area contributed by atoms with Gasteiger partial charge in [-0.2, -0.15) is 0 Å². The van der Waals surface area contributed by atoms with E-state index >= 15 is 0 Å². The van der Waals surface area contributed by atoms with E-state index < -0.39 is 34.4 Å². The van der Waals surface area contributed by atoms with Crippen molar-refractivity contribution in [3.05, 3.63) is 34.2 Å². The zero-order valence-electron chi connectivity index (χ0n) is 14.9. The topological polar surface area (TPSA) is 40.0 Å². The average molecular weight is 451 g/mol. The Hall–Kier alpha value is -0.700. The van der Waals surface area contributed by atoms with Crippen LogP contribution >= 0.6 is 15.9 Å². The monoisotopic (exact) mass is 450 g/mol. The molecule has 1 heterocycles. The van der Waals surface area contributed by atoms with Crippen molar-refractivity contribution in [1.29, 1.82) is 0 Å². The molecule has 1 saturated carbocycles. The number of benzene rings is 1. The third kappa shape index (κ3) is 3.79. The second-order valence-corrected chi connectivity index (χ2v) is 10.5. The summed E-state index contributed by atoms with van der Waals surface area (Å²) >= 11 is 1.51. The van der Waals surface area contributed by atoms with Crippen molar-refractivity contribution >= 4 is 38.2 Å². The van der Waals surface area contributed by atoms with Crippen LogP contribution in [0.4, 0.5) is 13.2 Å². The van der Waals surface area contributed by atoms with E-state index in [1.165, 1.54) is 6.07 Å². The Kier molecular flexibility index (Phi) is 5.68. The van der Waals surface area contributed by atoms with Crippen LogP contribution in [0.25, 0.3) is 10.9 Å². The van der Waals surface area contributed by atoms with Crippen LogP contribution in [0.1, 0.15) is 57.7 Å². The number of hydrogen-bond donors (Lipinski definition) is 1. The van der Waals surface area contributed by atoms with Gasteiger partial charge in [-0.25, -0.2) is 13.2 Å². The number of fused-ring (bicyclic) bond motifs is 1. The fraction of sp³-hybridized carbons (Fsp3) is 0.556. The molecule has 1 fully saturated rings. The first kappa shape index (κ1) is 20.0. The van der Waals surface area contributed by atoms with E-state index in [0.29, 0.717) is 15.4 Å². The maximum absolute atomic E-state index is 14.1. The molecule has 1 aliphatic carbocycles. The first-order valence-corrected chi connectivity index (χ1v) is 10.5. The van der Waals surface area contributed by atoms with Crippen molar-refractivity contribution in [2.24, 2.45) is 0 Å². The van der Waals surface area contributed by atoms with Crippen molar-refractivity contribution in [2.45, 2.75) is 63.3 Å². The maximum atomic E-state index is 14.1. The van der Waals surface area contributed by atoms with Crippen LogP contribution in [0.15, 0.2) is 22.8 Å². The van der Waals surface area contributed by atoms with Gasteiger partial charge in [-0.3, -0.25) is 0 Å². The van der Waals surface area contributed by atoms with Crippen LogP contribution in [0.3, 0.4) is 0 Å². The Bertz CT molecular complexity index is 802. The summed E-state index contributed by atoms with van der Waals surface area (Å²) in [5.41, 5.74) is 0.998. The lowest BCUT2D eigenvalue weighted by Gasteiger charge is -2.28. The lowest BCUT2D eigenvalue weighted by molar-refractivity contribution is 0.109. The smallest absolute Gasteiger partial charge is 0.262 e. The van der Waals surface area contributed by atoms with Gasteiger partial charge in [0.2, 0.25) is 0 Å². The zero-order valence-corrected chi connectivity index (χ0v) is 17.3. The van der Waals surface area contributed by atoms with Gasteiger partial charge in [-0.05, 0) is 68.1 Å². The fourth-order valence-corrected chi connectivity index (χ4v) is 4.17. The molecule has 26 heavy (non-hydrogen) atoms. The second kappa shape index (κ2) is 7.37. The number of halogens is 4. The summed E-state index contributed by atoms with van der Waals surface area (Å²) in [5, 5.41) is 0.432. The summed E-state index contributed by atoms with van der Waals surface area (Å²) in [4.78, 5) is 0. The van der Waals surface area contributed by atoms with Gasteiger partial charge in [-0.15, -0.1) is 4.72 Å². The van der Waals surface area contributed by atoms with Gasteiger partial charge < -0.3 is 9.12 Å². The molecular weight excluding hydrogens is 429 g/mol. The van der Waals surface area contributed by atoms with E-state index in [4.69, 9.17) is 0 Å². The summed E-state index contributed by atoms with van der Waals surface area (Å²) in [6.07, 6.45) is 1.93. The van der Waals surface area contributed by atoms with Crippen molar-refractivity contribution in [1.82, 2.24) is 9.29 Å². The molecule has 3 rings (SSSR count). The Balaban J connectivity index is 2.10. The zero-order chi connectivity index (χ0) is 19.2. The van der Waals surface area contributed by atoms with Gasteiger partial charge in [-0.1, -0.05) is 0 Å². The second-order valence-electron chi connectivity index (χ2n) is 7.67. The van der Waals surface area contributed by atoms with Crippen molar-refractivity contribution in [3.63, 3.8) is 0 Å². The van der Waals surface area contributed by atoms with Crippen molar-refractivity contribution in [2.75, 3.05) is 0 Å². The highest BCUT2D eigenvalue weighted by Crippen LogP contribution is 2.40. The Morgan fingerprint density at radius 1 is 1.31 bits per heavy atom. The molecule has 1 aromatic heterocycles. The normalized spacial score (nSPS) is 18.3. The number of nitrogens with zero attached hydrogens (tertiary/aromatic N) is 1. The molecule has 1 aromatic carbocycles. The molecule has 3 nitrogen and oxygen atoms in total. The van der Waals surface area contributed by atoms with Crippen molar-refractivity contribution in [3.8, 4) is 0 Å². The molecule has 0 radical (unpaired) electrons. The highest BCUT2D eigenvalue weighted by molar-refractivity contribution is 9.10. The van der Waals surface area contributed by atoms with E-state index in [1.54, 1.807) is 33.0 Å². The first-order chi connectivity index (χ1) is 12.1. The van der Waals surface area contributed by atoms with Crippen LogP contribution < -0.4 is 4.72 Å². The standard InChI is InChI=1S/C18H22BrF3N2OS/c1-18(2,3)26(25)23-16(17(21)22)12-9-24(10-5-4-6-10)15-8-13(19)14(20)7-11(12)15/h7-10,16-17,23H,4-6H2,1-3H3. The van der Waals surface area contributed by atoms with Gasteiger partial charge in [0.25, 0.3) is 6.43 Å². The predicted octanol–water partition coefficient (Wildman–Crippen LogP) is 5.63. The Labute approximate surface area is 162 Å². The lowest BCUT2D eigenvalue weighted by atomic mass is 9.93. The molecular formula is C18H22BrF3N2OS. The minimum atomic E-state index is -2.77. The molecule has 0 spiro atoms. The average Bonchev–Trinajstić information content (AvgIpc) is 2.80. The van der Waals surface area contributed by atoms with E-state index in [-0.39, 0.29) is 11.6 Å². The van der Waals surface area contributed by atoms with Gasteiger partial charge in [0.05, 0.1) is 4.47 Å². The molecule has 144 valence electrons. The molecule has 8 heteroatoms. The Morgan fingerprint density at radius 2 is 1.96 bits per heavy atom. The molecule has 0 aliphatic heterocycles. The van der Waals surface area contributed by atoms with Gasteiger partial charge in [0.15, 0.2) is 0 Å². The summed E-state index contributed by atoms with van der Waals surface area (Å²) < 4.78 is 58.3. The van der Waals surface area contributed by atoms with Crippen LogP contribution in [-0.2, 0) is 11.4 Å². The summed E-state index contributed by atoms with van der Waals surface area (Å²) in [6.45, 7) is 5.15. The molecule has 2 aromatic rings. The van der Waals surface area contributed by atoms with Gasteiger partial charge >= 0.3 is 0 Å². The molecule has 1 N–H and O–H groups in total. The molecule has 0 saturated heterocycles. The summed E-state index contributed by atoms with van der Waals surface area (Å²) in [6, 6.07) is 1.71. The highest BCUT2D eigenvalue weighted by Gasteiger charge is 2.36. The number of aromatic nitrogens is 1. The first-order valence-electron chi connectivity index (χ1n) is 8.55. The SMILES string of the molecule is CC(C)(C)[S+]([O-])NC(c1cn(C2CCC2)c2cc(Br)c(F)cc12)C(F)F. The van der Waals surface area contributed by atoms with E-state index in [2.05, 4.69) is 20.7 Å². The Morgan fingerprint density at radius 3 is 2.46 bits per heavy atom. The molecule has 0 bridgehead atoms. The maximum Gasteiger partial charge on any atom is 0.262 e. The molecule has 0 amide bonds. The van der Waals surface area contributed by atoms with Gasteiger partial charge in [0.1, 0.15) is 16.6 Å². The van der Waals surface area contributed by atoms with Gasteiger partial charge in [0, 0.05) is 40.1 Å². The molecule has 2 atom stereocenters. The van der Waals surface area contributed by atoms with Crippen LogP contribution in [0.5, 0.6) is 0 Å². The van der Waals surface area contributed by atoms with Crippen LogP contribution in [0, 0.1) is 5.82 Å². The van der Waals surface area contributed by atoms with E-state index in [0.717, 1.165) is 19.3 Å². The predicted molar refractivity (Wildman–Crippen MR) is 102 cm³/mol. The summed E-state index contributed by atoms with van der Waals surface area (Å²) in [7, 11) is 0. The highest BCUT2D eigenvalue weighted by atomic mass is 79.9. The summed E-state index contributed by atoms with van der Waals surface area (Å²) in [5.74, 6) is -0.505. The third-order valence-electron chi connectivity index (χ3n) is 4.75. The minimum absolute atomic E-state index is 0.232. The molecule has 1 aliphatic rings. The van der Waals surface area contributed by atoms with E-state index in [9.17, 15) is 17.7 Å². The number of alkyl halides is 2. The van der Waals surface area contributed by atoms with Crippen molar-refractivity contribution < 1.29 is 17.7 Å². The number of rotatable bonds is 5. The lowest BCUT2D eigenvalue weighted by Crippen LogP contribution is -2.43. The molecule has 2 unspecified atom stereocenters. The minimum Gasteiger partial charge on any atom is -0.598 e. The van der Waals surface area contributed by atoms with Crippen LogP contribution in [-0.4, -0.2) is 20.3 Å². The van der Waals surface area contributed by atoms with Crippen LogP contribution in [0.2, 0.25) is 0 Å². The quantitative estimate of drug-likeness (QED) is 0.599. The largest absolute Gasteiger partial charge is 0.598 e. The fourth-order valence-electron chi connectivity index (χ4n) is 3.03. The van der Waals surface area contributed by atoms with E-state index in [1.807, 2.05) is 4.57 Å².